The van der Waals surface area contributed by atoms with Crippen molar-refractivity contribution in [1.29, 1.82) is 5.26 Å². The van der Waals surface area contributed by atoms with Crippen molar-refractivity contribution in [3.63, 3.8) is 0 Å². The van der Waals surface area contributed by atoms with Gasteiger partial charge in [0.1, 0.15) is 0 Å². The highest BCUT2D eigenvalue weighted by Gasteiger charge is 2.05. The summed E-state index contributed by atoms with van der Waals surface area (Å²) < 4.78 is 0. The molecule has 0 amide bonds. The number of nitriles is 1. The van der Waals surface area contributed by atoms with Crippen molar-refractivity contribution < 1.29 is 0 Å². The third-order valence-electron chi connectivity index (χ3n) is 2.50. The highest BCUT2D eigenvalue weighted by molar-refractivity contribution is 7.98. The molecule has 0 radical (unpaired) electrons. The minimum atomic E-state index is 0.852. The molecule has 2 nitrogen and oxygen atoms in total. The Hall–Kier alpha value is -1.92. The Labute approximate surface area is 105 Å². The third-order valence-corrected chi connectivity index (χ3v) is 3.23. The smallest absolute Gasteiger partial charge is 0.181 e. The maximum Gasteiger partial charge on any atom is 0.181 e. The van der Waals surface area contributed by atoms with Crippen LogP contribution in [0, 0.1) is 11.5 Å². The van der Waals surface area contributed by atoms with E-state index in [1.165, 1.54) is 0 Å². The van der Waals surface area contributed by atoms with Crippen LogP contribution in [0.4, 0.5) is 5.69 Å². The van der Waals surface area contributed by atoms with Gasteiger partial charge in [0.25, 0.3) is 0 Å². The van der Waals surface area contributed by atoms with Gasteiger partial charge >= 0.3 is 0 Å². The molecule has 2 aromatic rings. The van der Waals surface area contributed by atoms with E-state index < -0.39 is 0 Å². The van der Waals surface area contributed by atoms with Crippen molar-refractivity contribution in [2.24, 2.45) is 0 Å². The van der Waals surface area contributed by atoms with Crippen LogP contribution in [0.25, 0.3) is 11.1 Å². The highest BCUT2D eigenvalue weighted by atomic mass is 32.2. The van der Waals surface area contributed by atoms with Crippen molar-refractivity contribution in [3.8, 4) is 17.3 Å². The molecule has 0 aliphatic carbocycles. The number of hydrogen-bond acceptors (Lipinski definition) is 3. The maximum atomic E-state index is 8.79. The van der Waals surface area contributed by atoms with Crippen molar-refractivity contribution in [3.05, 3.63) is 48.5 Å². The Bertz CT molecular complexity index is 544. The van der Waals surface area contributed by atoms with E-state index in [0.717, 1.165) is 21.7 Å². The lowest BCUT2D eigenvalue weighted by Gasteiger charge is -2.09. The number of rotatable bonds is 3. The van der Waals surface area contributed by atoms with E-state index in [-0.39, 0.29) is 0 Å². The van der Waals surface area contributed by atoms with Crippen LogP contribution in [0.2, 0.25) is 0 Å². The van der Waals surface area contributed by atoms with Crippen LogP contribution in [0.1, 0.15) is 0 Å². The van der Waals surface area contributed by atoms with E-state index in [9.17, 15) is 0 Å². The van der Waals surface area contributed by atoms with E-state index in [1.807, 2.05) is 54.9 Å². The Balaban J connectivity index is 2.50. The van der Waals surface area contributed by atoms with Gasteiger partial charge in [-0.15, -0.1) is 11.8 Å². The minimum absolute atomic E-state index is 0.852. The standard InChI is InChI=1S/C14H12N2S/c1-17-12-7-8-13(14(9-12)16-10-15)11-5-3-2-4-6-11/h2-9,16H,1H3. The average Bonchev–Trinajstić information content (AvgIpc) is 2.40. The van der Waals surface area contributed by atoms with E-state index in [1.54, 1.807) is 11.8 Å². The Morgan fingerprint density at radius 1 is 1.12 bits per heavy atom. The molecule has 0 aromatic heterocycles. The first-order valence-electron chi connectivity index (χ1n) is 5.23. The van der Waals surface area contributed by atoms with Gasteiger partial charge in [-0.3, -0.25) is 5.32 Å². The first-order valence-corrected chi connectivity index (χ1v) is 6.46. The fraction of sp³-hybridized carbons (Fsp3) is 0.0714. The largest absolute Gasteiger partial charge is 0.292 e. The molecule has 0 bridgehead atoms. The zero-order valence-corrected chi connectivity index (χ0v) is 10.3. The minimum Gasteiger partial charge on any atom is -0.292 e. The second kappa shape index (κ2) is 5.42. The zero-order valence-electron chi connectivity index (χ0n) is 9.47. The number of nitrogens with one attached hydrogen (secondary N) is 1. The molecule has 17 heavy (non-hydrogen) atoms. The molecule has 0 heterocycles. The summed E-state index contributed by atoms with van der Waals surface area (Å²) in [5.41, 5.74) is 3.01. The average molecular weight is 240 g/mol. The third kappa shape index (κ3) is 2.61. The number of thioether (sulfide) groups is 1. The SMILES string of the molecule is CSc1ccc(-c2ccccc2)c(NC#N)c1. The van der Waals surface area contributed by atoms with E-state index >= 15 is 0 Å². The molecular weight excluding hydrogens is 228 g/mol. The van der Waals surface area contributed by atoms with Crippen LogP contribution in [-0.4, -0.2) is 6.26 Å². The second-order valence-electron chi connectivity index (χ2n) is 3.51. The van der Waals surface area contributed by atoms with Crippen LogP contribution in [0.15, 0.2) is 53.4 Å². The molecule has 0 atom stereocenters. The lowest BCUT2D eigenvalue weighted by molar-refractivity contribution is 1.42. The molecule has 2 aromatic carbocycles. The van der Waals surface area contributed by atoms with Crippen LogP contribution in [0.3, 0.4) is 0 Å². The molecule has 3 heteroatoms. The Morgan fingerprint density at radius 3 is 2.53 bits per heavy atom. The number of anilines is 1. The Morgan fingerprint density at radius 2 is 1.88 bits per heavy atom. The van der Waals surface area contributed by atoms with Gasteiger partial charge in [-0.05, 0) is 24.0 Å². The molecule has 0 aliphatic heterocycles. The molecule has 1 N–H and O–H groups in total. The van der Waals surface area contributed by atoms with Crippen molar-refractivity contribution in [2.45, 2.75) is 4.90 Å². The molecule has 0 spiro atoms. The summed E-state index contributed by atoms with van der Waals surface area (Å²) in [5.74, 6) is 0. The molecule has 0 fully saturated rings. The number of benzene rings is 2. The highest BCUT2D eigenvalue weighted by Crippen LogP contribution is 2.31. The van der Waals surface area contributed by atoms with Crippen LogP contribution >= 0.6 is 11.8 Å². The van der Waals surface area contributed by atoms with Gasteiger partial charge in [-0.1, -0.05) is 36.4 Å². The van der Waals surface area contributed by atoms with Gasteiger partial charge in [0.2, 0.25) is 0 Å². The van der Waals surface area contributed by atoms with E-state index in [2.05, 4.69) is 11.4 Å². The summed E-state index contributed by atoms with van der Waals surface area (Å²) in [4.78, 5) is 1.14. The first kappa shape index (κ1) is 11.6. The van der Waals surface area contributed by atoms with E-state index in [0.29, 0.717) is 0 Å². The fourth-order valence-electron chi connectivity index (χ4n) is 1.68. The van der Waals surface area contributed by atoms with Crippen LogP contribution < -0.4 is 5.32 Å². The molecule has 0 saturated heterocycles. The zero-order chi connectivity index (χ0) is 12.1. The lowest BCUT2D eigenvalue weighted by Crippen LogP contribution is -1.91. The Kier molecular flexibility index (Phi) is 3.69. The number of hydrogen-bond donors (Lipinski definition) is 1. The summed E-state index contributed by atoms with van der Waals surface area (Å²) in [7, 11) is 0. The summed E-state index contributed by atoms with van der Waals surface area (Å²) in [6.07, 6.45) is 4.01. The van der Waals surface area contributed by atoms with Gasteiger partial charge in [0, 0.05) is 10.5 Å². The molecule has 2 rings (SSSR count). The molecular formula is C14H12N2S. The van der Waals surface area contributed by atoms with Gasteiger partial charge in [0.15, 0.2) is 6.19 Å². The predicted molar refractivity (Wildman–Crippen MR) is 72.9 cm³/mol. The maximum absolute atomic E-state index is 8.79. The lowest BCUT2D eigenvalue weighted by atomic mass is 10.0. The van der Waals surface area contributed by atoms with Crippen LogP contribution in [-0.2, 0) is 0 Å². The summed E-state index contributed by atoms with van der Waals surface area (Å²) in [6.45, 7) is 0. The molecule has 84 valence electrons. The summed E-state index contributed by atoms with van der Waals surface area (Å²) in [6, 6.07) is 16.2. The number of nitrogens with zero attached hydrogens (tertiary/aromatic N) is 1. The summed E-state index contributed by atoms with van der Waals surface area (Å²) in [5, 5.41) is 11.5. The first-order chi connectivity index (χ1) is 8.35. The van der Waals surface area contributed by atoms with Gasteiger partial charge in [-0.2, -0.15) is 5.26 Å². The normalized spacial score (nSPS) is 9.65. The summed E-state index contributed by atoms with van der Waals surface area (Å²) >= 11 is 1.66. The van der Waals surface area contributed by atoms with Crippen LogP contribution in [0.5, 0.6) is 0 Å². The second-order valence-corrected chi connectivity index (χ2v) is 4.39. The fourth-order valence-corrected chi connectivity index (χ4v) is 2.12. The van der Waals surface area contributed by atoms with Crippen molar-refractivity contribution in [1.82, 2.24) is 0 Å². The molecule has 0 saturated carbocycles. The van der Waals surface area contributed by atoms with Crippen molar-refractivity contribution >= 4 is 17.4 Å². The predicted octanol–water partition coefficient (Wildman–Crippen LogP) is 3.97. The molecule has 0 aliphatic rings. The van der Waals surface area contributed by atoms with Gasteiger partial charge < -0.3 is 0 Å². The quantitative estimate of drug-likeness (QED) is 0.501. The topological polar surface area (TPSA) is 35.8 Å². The molecule has 0 unspecified atom stereocenters. The van der Waals surface area contributed by atoms with Gasteiger partial charge in [-0.25, -0.2) is 0 Å². The van der Waals surface area contributed by atoms with Crippen molar-refractivity contribution in [2.75, 3.05) is 11.6 Å². The monoisotopic (exact) mass is 240 g/mol. The van der Waals surface area contributed by atoms with E-state index in [4.69, 9.17) is 5.26 Å². The van der Waals surface area contributed by atoms with Gasteiger partial charge in [0.05, 0.1) is 5.69 Å².